The standard InChI is InChI=1S/C8H8Cl2N2O2/c1-8(11,7(13)14)4-2-5(9)12-6(10)3-4/h2-3H,11H2,1H3,(H,13,14). The summed E-state index contributed by atoms with van der Waals surface area (Å²) in [5, 5.41) is 9.08. The third-order valence-electron chi connectivity index (χ3n) is 1.81. The van der Waals surface area contributed by atoms with E-state index in [0.29, 0.717) is 5.56 Å². The van der Waals surface area contributed by atoms with E-state index in [1.165, 1.54) is 19.1 Å². The van der Waals surface area contributed by atoms with Crippen molar-refractivity contribution in [3.63, 3.8) is 0 Å². The van der Waals surface area contributed by atoms with Crippen molar-refractivity contribution in [2.75, 3.05) is 0 Å². The summed E-state index contributed by atoms with van der Waals surface area (Å²) in [7, 11) is 0. The Hall–Kier alpha value is -0.840. The van der Waals surface area contributed by atoms with E-state index in [4.69, 9.17) is 34.0 Å². The van der Waals surface area contributed by atoms with E-state index in [2.05, 4.69) is 4.98 Å². The Bertz CT molecular complexity index is 359. The molecule has 0 aliphatic heterocycles. The van der Waals surface area contributed by atoms with Crippen LogP contribution in [0, 0.1) is 0 Å². The summed E-state index contributed by atoms with van der Waals surface area (Å²) in [6.45, 7) is 1.36. The first kappa shape index (κ1) is 11.2. The number of hydrogen-bond donors (Lipinski definition) is 2. The second kappa shape index (κ2) is 3.73. The van der Waals surface area contributed by atoms with Gasteiger partial charge in [0.05, 0.1) is 0 Å². The van der Waals surface area contributed by atoms with E-state index >= 15 is 0 Å². The molecule has 6 heteroatoms. The van der Waals surface area contributed by atoms with Crippen molar-refractivity contribution in [2.24, 2.45) is 5.73 Å². The molecule has 0 radical (unpaired) electrons. The van der Waals surface area contributed by atoms with Gasteiger partial charge in [-0.2, -0.15) is 0 Å². The van der Waals surface area contributed by atoms with Crippen LogP contribution in [0.15, 0.2) is 12.1 Å². The first-order chi connectivity index (χ1) is 6.34. The lowest BCUT2D eigenvalue weighted by molar-refractivity contribution is -0.143. The molecule has 14 heavy (non-hydrogen) atoms. The summed E-state index contributed by atoms with van der Waals surface area (Å²) in [4.78, 5) is 14.5. The van der Waals surface area contributed by atoms with Gasteiger partial charge in [-0.1, -0.05) is 23.2 Å². The molecule has 0 spiro atoms. The highest BCUT2D eigenvalue weighted by Crippen LogP contribution is 2.23. The Balaban J connectivity index is 3.25. The maximum Gasteiger partial charge on any atom is 0.328 e. The van der Waals surface area contributed by atoms with Crippen LogP contribution in [-0.4, -0.2) is 16.1 Å². The van der Waals surface area contributed by atoms with Crippen molar-refractivity contribution in [3.8, 4) is 0 Å². The topological polar surface area (TPSA) is 76.2 Å². The van der Waals surface area contributed by atoms with Crippen molar-refractivity contribution in [3.05, 3.63) is 28.0 Å². The molecule has 1 aromatic heterocycles. The number of aliphatic carboxylic acids is 1. The van der Waals surface area contributed by atoms with Crippen molar-refractivity contribution < 1.29 is 9.90 Å². The van der Waals surface area contributed by atoms with Crippen LogP contribution in [0.3, 0.4) is 0 Å². The van der Waals surface area contributed by atoms with Crippen LogP contribution in [0.1, 0.15) is 12.5 Å². The van der Waals surface area contributed by atoms with Crippen LogP contribution < -0.4 is 5.73 Å². The largest absolute Gasteiger partial charge is 0.480 e. The zero-order chi connectivity index (χ0) is 10.9. The molecule has 1 aromatic rings. The lowest BCUT2D eigenvalue weighted by Gasteiger charge is -2.19. The highest BCUT2D eigenvalue weighted by atomic mass is 35.5. The monoisotopic (exact) mass is 234 g/mol. The summed E-state index contributed by atoms with van der Waals surface area (Å²) in [5.74, 6) is -1.16. The van der Waals surface area contributed by atoms with Crippen molar-refractivity contribution >= 4 is 29.2 Å². The summed E-state index contributed by atoms with van der Waals surface area (Å²) in [6.07, 6.45) is 0. The first-order valence-corrected chi connectivity index (χ1v) is 4.45. The van der Waals surface area contributed by atoms with Crippen molar-refractivity contribution in [1.82, 2.24) is 4.98 Å². The van der Waals surface area contributed by atoms with Gasteiger partial charge in [-0.15, -0.1) is 0 Å². The fourth-order valence-electron chi connectivity index (χ4n) is 0.888. The fourth-order valence-corrected chi connectivity index (χ4v) is 1.35. The van der Waals surface area contributed by atoms with Crippen molar-refractivity contribution in [1.29, 1.82) is 0 Å². The van der Waals surface area contributed by atoms with Crippen molar-refractivity contribution in [2.45, 2.75) is 12.5 Å². The van der Waals surface area contributed by atoms with E-state index < -0.39 is 11.5 Å². The van der Waals surface area contributed by atoms with Crippen LogP contribution in [0.25, 0.3) is 0 Å². The average molecular weight is 235 g/mol. The lowest BCUT2D eigenvalue weighted by atomic mass is 9.95. The summed E-state index contributed by atoms with van der Waals surface area (Å²) >= 11 is 11.2. The fraction of sp³-hybridized carbons (Fsp3) is 0.250. The molecule has 3 N–H and O–H groups in total. The molecular formula is C8H8Cl2N2O2. The van der Waals surface area contributed by atoms with Gasteiger partial charge in [0.2, 0.25) is 0 Å². The Morgan fingerprint density at radius 2 is 1.93 bits per heavy atom. The summed E-state index contributed by atoms with van der Waals surface area (Å²) in [6, 6.07) is 2.75. The predicted molar refractivity (Wildman–Crippen MR) is 53.4 cm³/mol. The molecule has 1 unspecified atom stereocenters. The van der Waals surface area contributed by atoms with E-state index in [1.807, 2.05) is 0 Å². The highest BCUT2D eigenvalue weighted by Gasteiger charge is 2.30. The first-order valence-electron chi connectivity index (χ1n) is 3.70. The molecule has 0 aliphatic carbocycles. The number of carboxylic acids is 1. The van der Waals surface area contributed by atoms with Gasteiger partial charge in [-0.05, 0) is 24.6 Å². The molecule has 0 fully saturated rings. The van der Waals surface area contributed by atoms with Gasteiger partial charge in [-0.25, -0.2) is 9.78 Å². The second-order valence-electron chi connectivity index (χ2n) is 3.01. The van der Waals surface area contributed by atoms with Gasteiger partial charge < -0.3 is 10.8 Å². The zero-order valence-electron chi connectivity index (χ0n) is 7.29. The average Bonchev–Trinajstić information content (AvgIpc) is 2.01. The number of halogens is 2. The Morgan fingerprint density at radius 1 is 1.50 bits per heavy atom. The number of nitrogens with zero attached hydrogens (tertiary/aromatic N) is 1. The van der Waals surface area contributed by atoms with Gasteiger partial charge in [0.15, 0.2) is 0 Å². The zero-order valence-corrected chi connectivity index (χ0v) is 8.80. The molecule has 0 aromatic carbocycles. The molecule has 1 rings (SSSR count). The van der Waals surface area contributed by atoms with E-state index in [-0.39, 0.29) is 10.3 Å². The second-order valence-corrected chi connectivity index (χ2v) is 3.78. The smallest absolute Gasteiger partial charge is 0.328 e. The summed E-state index contributed by atoms with van der Waals surface area (Å²) < 4.78 is 0. The minimum absolute atomic E-state index is 0.116. The minimum Gasteiger partial charge on any atom is -0.480 e. The Kier molecular flexibility index (Phi) is 2.99. The molecule has 76 valence electrons. The molecular weight excluding hydrogens is 227 g/mol. The van der Waals surface area contributed by atoms with E-state index in [1.54, 1.807) is 0 Å². The van der Waals surface area contributed by atoms with Crippen LogP contribution in [-0.2, 0) is 10.3 Å². The highest BCUT2D eigenvalue weighted by molar-refractivity contribution is 6.32. The Labute approximate surface area is 90.6 Å². The summed E-state index contributed by atoms with van der Waals surface area (Å²) in [5.41, 5.74) is 4.37. The molecule has 4 nitrogen and oxygen atoms in total. The van der Waals surface area contributed by atoms with Gasteiger partial charge in [0.25, 0.3) is 0 Å². The molecule has 0 aliphatic rings. The van der Waals surface area contributed by atoms with E-state index in [9.17, 15) is 4.79 Å². The van der Waals surface area contributed by atoms with Crippen LogP contribution in [0.5, 0.6) is 0 Å². The van der Waals surface area contributed by atoms with Crippen LogP contribution in [0.4, 0.5) is 0 Å². The third-order valence-corrected chi connectivity index (χ3v) is 2.19. The van der Waals surface area contributed by atoms with Gasteiger partial charge >= 0.3 is 5.97 Å². The molecule has 0 saturated heterocycles. The number of carbonyl (C=O) groups is 1. The number of nitrogens with two attached hydrogens (primary N) is 1. The molecule has 0 bridgehead atoms. The van der Waals surface area contributed by atoms with Crippen LogP contribution in [0.2, 0.25) is 10.3 Å². The number of hydrogen-bond acceptors (Lipinski definition) is 3. The minimum atomic E-state index is -1.52. The third kappa shape index (κ3) is 2.15. The maximum absolute atomic E-state index is 10.8. The normalized spacial score (nSPS) is 14.9. The SMILES string of the molecule is CC(N)(C(=O)O)c1cc(Cl)nc(Cl)c1. The Morgan fingerprint density at radius 3 is 2.29 bits per heavy atom. The van der Waals surface area contributed by atoms with Gasteiger partial charge in [0.1, 0.15) is 15.8 Å². The molecule has 0 amide bonds. The molecule has 1 atom stereocenters. The lowest BCUT2D eigenvalue weighted by Crippen LogP contribution is -2.41. The van der Waals surface area contributed by atoms with Crippen LogP contribution >= 0.6 is 23.2 Å². The molecule has 1 heterocycles. The van der Waals surface area contributed by atoms with E-state index in [0.717, 1.165) is 0 Å². The molecule has 0 saturated carbocycles. The van der Waals surface area contributed by atoms with Gasteiger partial charge in [-0.3, -0.25) is 0 Å². The quantitative estimate of drug-likeness (QED) is 0.764. The predicted octanol–water partition coefficient (Wildman–Crippen LogP) is 1.65. The van der Waals surface area contributed by atoms with Gasteiger partial charge in [0, 0.05) is 0 Å². The number of pyridine rings is 1. The number of aromatic nitrogens is 1. The number of carboxylic acid groups (broad SMARTS) is 1. The maximum atomic E-state index is 10.8. The number of rotatable bonds is 2.